The number of methoxy groups -OCH3 is 1. The number of nitrogens with one attached hydrogen (secondary N) is 1. The summed E-state index contributed by atoms with van der Waals surface area (Å²) in [7, 11) is 1.69. The molecule has 2 aromatic rings. The molecule has 4 rings (SSSR count). The second kappa shape index (κ2) is 6.84. The summed E-state index contributed by atoms with van der Waals surface area (Å²) in [5.74, 6) is 0.807. The topological polar surface area (TPSA) is 54.5 Å². The van der Waals surface area contributed by atoms with Crippen molar-refractivity contribution in [2.45, 2.75) is 37.4 Å². The van der Waals surface area contributed by atoms with E-state index in [2.05, 4.69) is 27.3 Å². The van der Waals surface area contributed by atoms with Gasteiger partial charge in [-0.1, -0.05) is 12.1 Å². The first-order valence-electron chi connectivity index (χ1n) is 8.87. The van der Waals surface area contributed by atoms with E-state index in [4.69, 9.17) is 4.74 Å². The van der Waals surface area contributed by atoms with Gasteiger partial charge >= 0.3 is 0 Å². The highest BCUT2D eigenvalue weighted by atomic mass is 16.5. The molecule has 1 aromatic heterocycles. The number of nitrogens with zero attached hydrogens (tertiary/aromatic N) is 2. The first kappa shape index (κ1) is 16.1. The molecule has 0 radical (unpaired) electrons. The molecule has 2 aliphatic rings. The summed E-state index contributed by atoms with van der Waals surface area (Å²) in [4.78, 5) is 19.2. The average molecular weight is 337 g/mol. The summed E-state index contributed by atoms with van der Waals surface area (Å²) in [5.41, 5.74) is 1.82. The first-order chi connectivity index (χ1) is 12.3. The van der Waals surface area contributed by atoms with Crippen molar-refractivity contribution >= 4 is 5.91 Å². The van der Waals surface area contributed by atoms with Gasteiger partial charge in [-0.2, -0.15) is 0 Å². The van der Waals surface area contributed by atoms with Gasteiger partial charge in [-0.25, -0.2) is 0 Å². The molecule has 0 spiro atoms. The number of carbonyl (C=O) groups excluding carboxylic acids is 1. The molecular weight excluding hydrogens is 314 g/mol. The van der Waals surface area contributed by atoms with E-state index in [0.717, 1.165) is 18.7 Å². The molecule has 0 bridgehead atoms. The molecule has 25 heavy (non-hydrogen) atoms. The van der Waals surface area contributed by atoms with E-state index in [-0.39, 0.29) is 18.0 Å². The molecule has 1 saturated heterocycles. The number of likely N-dealkylation sites (tertiary alicyclic amines) is 1. The van der Waals surface area contributed by atoms with Gasteiger partial charge in [0.1, 0.15) is 5.75 Å². The molecule has 0 unspecified atom stereocenters. The summed E-state index contributed by atoms with van der Waals surface area (Å²) in [5, 5.41) is 3.23. The van der Waals surface area contributed by atoms with Crippen LogP contribution >= 0.6 is 0 Å². The van der Waals surface area contributed by atoms with Crippen LogP contribution in [0.25, 0.3) is 0 Å². The van der Waals surface area contributed by atoms with E-state index in [1.807, 2.05) is 12.1 Å². The van der Waals surface area contributed by atoms with Crippen molar-refractivity contribution in [3.05, 3.63) is 59.9 Å². The van der Waals surface area contributed by atoms with Crippen molar-refractivity contribution in [2.24, 2.45) is 0 Å². The predicted molar refractivity (Wildman–Crippen MR) is 95.6 cm³/mol. The largest absolute Gasteiger partial charge is 0.497 e. The minimum atomic E-state index is -0.0522. The van der Waals surface area contributed by atoms with Crippen molar-refractivity contribution in [3.8, 4) is 5.75 Å². The molecule has 5 heteroatoms. The molecule has 2 atom stereocenters. The smallest absolute Gasteiger partial charge is 0.253 e. The van der Waals surface area contributed by atoms with Gasteiger partial charge in [0.05, 0.1) is 24.8 Å². The Balaban J connectivity index is 1.58. The summed E-state index contributed by atoms with van der Waals surface area (Å²) in [6.07, 6.45) is 6.77. The maximum atomic E-state index is 12.6. The summed E-state index contributed by atoms with van der Waals surface area (Å²) in [6.45, 7) is 1.02. The van der Waals surface area contributed by atoms with Gasteiger partial charge in [0.15, 0.2) is 0 Å². The van der Waals surface area contributed by atoms with E-state index >= 15 is 0 Å². The van der Waals surface area contributed by atoms with Crippen LogP contribution in [0.3, 0.4) is 0 Å². The summed E-state index contributed by atoms with van der Waals surface area (Å²) < 4.78 is 5.40. The van der Waals surface area contributed by atoms with Gasteiger partial charge in [0.25, 0.3) is 5.91 Å². The second-order valence-corrected chi connectivity index (χ2v) is 6.80. The number of carbonyl (C=O) groups is 1. The zero-order chi connectivity index (χ0) is 17.2. The molecule has 1 saturated carbocycles. The van der Waals surface area contributed by atoms with Crippen molar-refractivity contribution < 1.29 is 9.53 Å². The third-order valence-corrected chi connectivity index (χ3v) is 5.13. The zero-order valence-electron chi connectivity index (χ0n) is 14.4. The van der Waals surface area contributed by atoms with Crippen molar-refractivity contribution in [1.29, 1.82) is 0 Å². The molecule has 2 heterocycles. The Morgan fingerprint density at radius 2 is 2.12 bits per heavy atom. The molecule has 1 aliphatic carbocycles. The first-order valence-corrected chi connectivity index (χ1v) is 8.87. The van der Waals surface area contributed by atoms with Crippen LogP contribution in [0.5, 0.6) is 5.75 Å². The fourth-order valence-electron chi connectivity index (χ4n) is 3.78. The van der Waals surface area contributed by atoms with Gasteiger partial charge in [-0.05, 0) is 49.1 Å². The van der Waals surface area contributed by atoms with Crippen LogP contribution in [0.1, 0.15) is 41.2 Å². The molecule has 5 nitrogen and oxygen atoms in total. The molecule has 1 aliphatic heterocycles. The third-order valence-electron chi connectivity index (χ3n) is 5.13. The van der Waals surface area contributed by atoms with Crippen LogP contribution in [0.2, 0.25) is 0 Å². The van der Waals surface area contributed by atoms with Crippen molar-refractivity contribution in [3.63, 3.8) is 0 Å². The van der Waals surface area contributed by atoms with Crippen molar-refractivity contribution in [2.75, 3.05) is 13.7 Å². The standard InChI is InChI=1S/C20H23N3O2/c1-25-17-6-2-4-14(12-17)19-18(9-11-23(19)16-7-8-16)22-20(24)15-5-3-10-21-13-15/h2-6,10,12-13,16,18-19H,7-9,11H2,1H3,(H,22,24)/t18-,19+/m0/s1. The van der Waals surface area contributed by atoms with Crippen LogP contribution < -0.4 is 10.1 Å². The number of pyridine rings is 1. The van der Waals surface area contributed by atoms with Crippen molar-refractivity contribution in [1.82, 2.24) is 15.2 Å². The molecule has 2 fully saturated rings. The van der Waals surface area contributed by atoms with Gasteiger partial charge in [-0.15, -0.1) is 0 Å². The molecule has 130 valence electrons. The Morgan fingerprint density at radius 1 is 1.24 bits per heavy atom. The zero-order valence-corrected chi connectivity index (χ0v) is 14.4. The fraction of sp³-hybridized carbons (Fsp3) is 0.400. The fourth-order valence-corrected chi connectivity index (χ4v) is 3.78. The third kappa shape index (κ3) is 3.37. The monoisotopic (exact) mass is 337 g/mol. The normalized spacial score (nSPS) is 23.4. The Bertz CT molecular complexity index is 746. The highest BCUT2D eigenvalue weighted by Crippen LogP contribution is 2.41. The molecule has 1 amide bonds. The lowest BCUT2D eigenvalue weighted by molar-refractivity contribution is 0.0923. The highest BCUT2D eigenvalue weighted by Gasteiger charge is 2.43. The van der Waals surface area contributed by atoms with Gasteiger partial charge < -0.3 is 10.1 Å². The number of aromatic nitrogens is 1. The van der Waals surface area contributed by atoms with Crippen LogP contribution in [0.4, 0.5) is 0 Å². The van der Waals surface area contributed by atoms with Crippen LogP contribution in [0.15, 0.2) is 48.8 Å². The minimum absolute atomic E-state index is 0.0522. The lowest BCUT2D eigenvalue weighted by Crippen LogP contribution is -2.40. The number of rotatable bonds is 5. The Labute approximate surface area is 148 Å². The average Bonchev–Trinajstić information content (AvgIpc) is 3.43. The highest BCUT2D eigenvalue weighted by molar-refractivity contribution is 5.94. The minimum Gasteiger partial charge on any atom is -0.497 e. The number of ether oxygens (including phenoxy) is 1. The van der Waals surface area contributed by atoms with E-state index in [1.54, 1.807) is 31.6 Å². The molecule has 1 N–H and O–H groups in total. The SMILES string of the molecule is COc1cccc([C@@H]2[C@@H](NC(=O)c3cccnc3)CCN2C2CC2)c1. The summed E-state index contributed by atoms with van der Waals surface area (Å²) in [6, 6.07) is 12.8. The predicted octanol–water partition coefficient (Wildman–Crippen LogP) is 2.80. The van der Waals surface area contributed by atoms with Crippen LogP contribution in [0, 0.1) is 0 Å². The maximum Gasteiger partial charge on any atom is 0.253 e. The van der Waals surface area contributed by atoms with E-state index < -0.39 is 0 Å². The Hall–Kier alpha value is -2.40. The second-order valence-electron chi connectivity index (χ2n) is 6.80. The van der Waals surface area contributed by atoms with Gasteiger partial charge in [0, 0.05) is 25.0 Å². The summed E-state index contributed by atoms with van der Waals surface area (Å²) >= 11 is 0. The maximum absolute atomic E-state index is 12.6. The number of amides is 1. The Morgan fingerprint density at radius 3 is 2.84 bits per heavy atom. The lowest BCUT2D eigenvalue weighted by Gasteiger charge is -2.29. The number of benzene rings is 1. The van der Waals surface area contributed by atoms with E-state index in [0.29, 0.717) is 11.6 Å². The number of hydrogen-bond donors (Lipinski definition) is 1. The Kier molecular flexibility index (Phi) is 4.40. The number of hydrogen-bond acceptors (Lipinski definition) is 4. The van der Waals surface area contributed by atoms with Gasteiger partial charge in [-0.3, -0.25) is 14.7 Å². The molecular formula is C20H23N3O2. The quantitative estimate of drug-likeness (QED) is 0.911. The van der Waals surface area contributed by atoms with Crippen LogP contribution in [-0.4, -0.2) is 41.5 Å². The van der Waals surface area contributed by atoms with E-state index in [9.17, 15) is 4.79 Å². The van der Waals surface area contributed by atoms with E-state index in [1.165, 1.54) is 18.4 Å². The van der Waals surface area contributed by atoms with Crippen LogP contribution in [-0.2, 0) is 0 Å². The molecule has 1 aromatic carbocycles. The lowest BCUT2D eigenvalue weighted by atomic mass is 9.99. The van der Waals surface area contributed by atoms with Gasteiger partial charge in [0.2, 0.25) is 0 Å².